The van der Waals surface area contributed by atoms with E-state index in [1.54, 1.807) is 13.0 Å². The minimum absolute atomic E-state index is 0.0360. The maximum atomic E-state index is 10.4. The molecular weight excluding hydrogens is 184 g/mol. The number of rotatable bonds is 2. The fourth-order valence-electron chi connectivity index (χ4n) is 1.00. The smallest absolute Gasteiger partial charge is 0.258 e. The molecular formula is C9H8N2O3. The van der Waals surface area contributed by atoms with Gasteiger partial charge in [-0.15, -0.1) is 0 Å². The second-order valence-corrected chi connectivity index (χ2v) is 2.97. The predicted octanol–water partition coefficient (Wildman–Crippen LogP) is 1.37. The van der Waals surface area contributed by atoms with Gasteiger partial charge in [-0.05, 0) is 13.0 Å². The topological polar surface area (TPSA) is 72.6 Å². The molecule has 0 bridgehead atoms. The molecule has 1 aliphatic carbocycles. The maximum absolute atomic E-state index is 10.4. The summed E-state index contributed by atoms with van der Waals surface area (Å²) in [5.41, 5.74) is -0.873. The van der Waals surface area contributed by atoms with Crippen molar-refractivity contribution >= 4 is 6.08 Å². The highest BCUT2D eigenvalue weighted by atomic mass is 16.6. The SMILES string of the molecule is CC1(N=C=O)C=CC=C([N+](=O)[O-])C=C1. The average molecular weight is 192 g/mol. The van der Waals surface area contributed by atoms with Crippen LogP contribution < -0.4 is 0 Å². The number of carbonyl (C=O) groups excluding carboxylic acids is 1. The van der Waals surface area contributed by atoms with E-state index in [0.29, 0.717) is 0 Å². The van der Waals surface area contributed by atoms with Crippen LogP contribution in [0.25, 0.3) is 0 Å². The Kier molecular flexibility index (Phi) is 2.74. The summed E-state index contributed by atoms with van der Waals surface area (Å²) in [4.78, 5) is 23.5. The van der Waals surface area contributed by atoms with Gasteiger partial charge < -0.3 is 0 Å². The third-order valence-corrected chi connectivity index (χ3v) is 1.79. The standard InChI is InChI=1S/C9H8N2O3/c1-9(10-7-12)5-2-3-8(4-6-9)11(13)14/h2-6H,1H3. The van der Waals surface area contributed by atoms with Gasteiger partial charge in [0.15, 0.2) is 0 Å². The summed E-state index contributed by atoms with van der Waals surface area (Å²) in [7, 11) is 0. The molecule has 1 atom stereocenters. The van der Waals surface area contributed by atoms with Crippen LogP contribution in [0.15, 0.2) is 41.1 Å². The Morgan fingerprint density at radius 3 is 2.86 bits per heavy atom. The lowest BCUT2D eigenvalue weighted by molar-refractivity contribution is -0.419. The van der Waals surface area contributed by atoms with Gasteiger partial charge in [-0.2, -0.15) is 4.99 Å². The summed E-state index contributed by atoms with van der Waals surface area (Å²) in [6, 6.07) is 0. The molecule has 0 aliphatic heterocycles. The fraction of sp³-hybridized carbons (Fsp3) is 0.222. The molecule has 14 heavy (non-hydrogen) atoms. The van der Waals surface area contributed by atoms with Crippen LogP contribution in [0.5, 0.6) is 0 Å². The zero-order valence-electron chi connectivity index (χ0n) is 7.51. The van der Waals surface area contributed by atoms with E-state index in [1.807, 2.05) is 0 Å². The van der Waals surface area contributed by atoms with Gasteiger partial charge in [-0.25, -0.2) is 4.79 Å². The third kappa shape index (κ3) is 2.24. The molecule has 1 aliphatic rings. The summed E-state index contributed by atoms with van der Waals surface area (Å²) in [6.45, 7) is 1.65. The molecule has 1 rings (SSSR count). The number of nitrogens with zero attached hydrogens (tertiary/aromatic N) is 2. The number of allylic oxidation sites excluding steroid dienone is 3. The van der Waals surface area contributed by atoms with Crippen LogP contribution in [-0.4, -0.2) is 16.5 Å². The average Bonchev–Trinajstić information content (AvgIpc) is 2.28. The number of isocyanates is 1. The van der Waals surface area contributed by atoms with Gasteiger partial charge in [0.1, 0.15) is 5.54 Å². The highest BCUT2D eigenvalue weighted by Gasteiger charge is 2.19. The summed E-state index contributed by atoms with van der Waals surface area (Å²) < 4.78 is 0. The van der Waals surface area contributed by atoms with Gasteiger partial charge in [0.05, 0.1) is 4.92 Å². The first-order valence-electron chi connectivity index (χ1n) is 3.89. The largest absolute Gasteiger partial charge is 0.269 e. The zero-order chi connectivity index (χ0) is 10.6. The van der Waals surface area contributed by atoms with Crippen LogP contribution in [0.1, 0.15) is 6.92 Å². The molecule has 5 heteroatoms. The van der Waals surface area contributed by atoms with Crippen molar-refractivity contribution in [2.75, 3.05) is 0 Å². The minimum atomic E-state index is -0.837. The van der Waals surface area contributed by atoms with Crippen molar-refractivity contribution < 1.29 is 9.72 Å². The van der Waals surface area contributed by atoms with Crippen molar-refractivity contribution in [2.24, 2.45) is 4.99 Å². The van der Waals surface area contributed by atoms with Gasteiger partial charge in [-0.1, -0.05) is 12.2 Å². The molecule has 0 aromatic rings. The van der Waals surface area contributed by atoms with Gasteiger partial charge in [0.2, 0.25) is 6.08 Å². The maximum Gasteiger partial charge on any atom is 0.269 e. The molecule has 0 aromatic carbocycles. The summed E-state index contributed by atoms with van der Waals surface area (Å²) in [5.74, 6) is 0. The number of aliphatic imine (C=N–C) groups is 1. The third-order valence-electron chi connectivity index (χ3n) is 1.79. The first kappa shape index (κ1) is 10.1. The molecule has 0 saturated heterocycles. The van der Waals surface area contributed by atoms with Crippen LogP contribution in [0.4, 0.5) is 0 Å². The van der Waals surface area contributed by atoms with Crippen molar-refractivity contribution in [1.29, 1.82) is 0 Å². The Morgan fingerprint density at radius 1 is 1.57 bits per heavy atom. The highest BCUT2D eigenvalue weighted by Crippen LogP contribution is 2.18. The Labute approximate surface area is 80.3 Å². The minimum Gasteiger partial charge on any atom is -0.258 e. The van der Waals surface area contributed by atoms with Gasteiger partial charge in [-0.3, -0.25) is 10.1 Å². The van der Waals surface area contributed by atoms with E-state index in [4.69, 9.17) is 0 Å². The van der Waals surface area contributed by atoms with Crippen molar-refractivity contribution in [2.45, 2.75) is 12.5 Å². The quantitative estimate of drug-likeness (QED) is 0.287. The Bertz CT molecular complexity index is 389. The molecule has 0 N–H and O–H groups in total. The van der Waals surface area contributed by atoms with E-state index < -0.39 is 10.5 Å². The Morgan fingerprint density at radius 2 is 2.29 bits per heavy atom. The first-order chi connectivity index (χ1) is 6.57. The fourth-order valence-corrected chi connectivity index (χ4v) is 1.00. The predicted molar refractivity (Wildman–Crippen MR) is 49.9 cm³/mol. The van der Waals surface area contributed by atoms with Crippen molar-refractivity contribution in [3.8, 4) is 0 Å². The van der Waals surface area contributed by atoms with E-state index in [2.05, 4.69) is 4.99 Å². The van der Waals surface area contributed by atoms with E-state index >= 15 is 0 Å². The molecule has 5 nitrogen and oxygen atoms in total. The Balaban J connectivity index is 3.03. The lowest BCUT2D eigenvalue weighted by Crippen LogP contribution is -2.13. The van der Waals surface area contributed by atoms with Gasteiger partial charge in [0, 0.05) is 12.2 Å². The van der Waals surface area contributed by atoms with E-state index in [-0.39, 0.29) is 5.70 Å². The van der Waals surface area contributed by atoms with Crippen molar-refractivity contribution in [3.63, 3.8) is 0 Å². The molecule has 1 unspecified atom stereocenters. The van der Waals surface area contributed by atoms with E-state index in [9.17, 15) is 14.9 Å². The normalized spacial score (nSPS) is 24.8. The second kappa shape index (κ2) is 3.81. The molecule has 0 aromatic heterocycles. The zero-order valence-corrected chi connectivity index (χ0v) is 7.51. The van der Waals surface area contributed by atoms with Crippen LogP contribution >= 0.6 is 0 Å². The lowest BCUT2D eigenvalue weighted by atomic mass is 10.0. The molecule has 0 heterocycles. The van der Waals surface area contributed by atoms with E-state index in [1.165, 1.54) is 30.4 Å². The van der Waals surface area contributed by atoms with Crippen LogP contribution in [0.3, 0.4) is 0 Å². The first-order valence-corrected chi connectivity index (χ1v) is 3.89. The monoisotopic (exact) mass is 192 g/mol. The molecule has 0 radical (unpaired) electrons. The molecule has 0 amide bonds. The van der Waals surface area contributed by atoms with Crippen molar-refractivity contribution in [1.82, 2.24) is 0 Å². The Hall–Kier alpha value is -2.00. The number of hydrogen-bond acceptors (Lipinski definition) is 4. The van der Waals surface area contributed by atoms with Crippen LogP contribution in [0.2, 0.25) is 0 Å². The van der Waals surface area contributed by atoms with Crippen molar-refractivity contribution in [3.05, 3.63) is 46.2 Å². The molecule has 0 saturated carbocycles. The van der Waals surface area contributed by atoms with Gasteiger partial charge in [0.25, 0.3) is 5.70 Å². The molecule has 0 spiro atoms. The van der Waals surface area contributed by atoms with E-state index in [0.717, 1.165) is 0 Å². The highest BCUT2D eigenvalue weighted by molar-refractivity contribution is 5.40. The molecule has 0 fully saturated rings. The molecule has 72 valence electrons. The number of nitro groups is 1. The summed E-state index contributed by atoms with van der Waals surface area (Å²) in [5, 5.41) is 10.4. The second-order valence-electron chi connectivity index (χ2n) is 2.97. The van der Waals surface area contributed by atoms with Crippen LogP contribution in [0, 0.1) is 10.1 Å². The lowest BCUT2D eigenvalue weighted by Gasteiger charge is -2.11. The van der Waals surface area contributed by atoms with Crippen LogP contribution in [-0.2, 0) is 4.79 Å². The number of hydrogen-bond donors (Lipinski definition) is 0. The summed E-state index contributed by atoms with van der Waals surface area (Å²) >= 11 is 0. The van der Waals surface area contributed by atoms with Gasteiger partial charge >= 0.3 is 0 Å². The summed E-state index contributed by atoms with van der Waals surface area (Å²) in [6.07, 6.45) is 8.67.